The molecule has 6 heteroatoms. The van der Waals surface area contributed by atoms with Gasteiger partial charge >= 0.3 is 0 Å². The molecule has 0 bridgehead atoms. The summed E-state index contributed by atoms with van der Waals surface area (Å²) in [6.07, 6.45) is 1.15. The van der Waals surface area contributed by atoms with E-state index in [1.54, 1.807) is 0 Å². The van der Waals surface area contributed by atoms with E-state index in [1.165, 1.54) is 5.56 Å². The van der Waals surface area contributed by atoms with E-state index in [4.69, 9.17) is 9.47 Å². The second-order valence-electron chi connectivity index (χ2n) is 8.15. The molecule has 0 unspecified atom stereocenters. The molecule has 4 rings (SSSR count). The van der Waals surface area contributed by atoms with Crippen molar-refractivity contribution in [3.05, 3.63) is 59.2 Å². The number of fused-ring (bicyclic) bond motifs is 1. The Bertz CT molecular complexity index is 845. The number of rotatable bonds is 7. The summed E-state index contributed by atoms with van der Waals surface area (Å²) in [6.45, 7) is 7.24. The number of ether oxygens (including phenoxy) is 2. The van der Waals surface area contributed by atoms with Gasteiger partial charge in [0.1, 0.15) is 13.2 Å². The van der Waals surface area contributed by atoms with E-state index in [0.717, 1.165) is 55.3 Å². The first kappa shape index (κ1) is 20.7. The van der Waals surface area contributed by atoms with Crippen molar-refractivity contribution in [1.82, 2.24) is 15.1 Å². The molecule has 1 N–H and O–H groups in total. The molecule has 30 heavy (non-hydrogen) atoms. The molecule has 0 atom stereocenters. The molecule has 6 nitrogen and oxygen atoms in total. The summed E-state index contributed by atoms with van der Waals surface area (Å²) >= 11 is 0. The van der Waals surface area contributed by atoms with Crippen LogP contribution in [0.2, 0.25) is 0 Å². The molecule has 0 aliphatic carbocycles. The maximum Gasteiger partial charge on any atom is 0.220 e. The number of likely N-dealkylation sites (N-methyl/N-ethyl adjacent to an activating group) is 1. The number of hydrogen-bond donors (Lipinski definition) is 1. The summed E-state index contributed by atoms with van der Waals surface area (Å²) < 4.78 is 11.1. The molecule has 0 radical (unpaired) electrons. The Balaban J connectivity index is 1.19. The summed E-state index contributed by atoms with van der Waals surface area (Å²) in [5.41, 5.74) is 3.54. The molecule has 2 aliphatic rings. The second-order valence-corrected chi connectivity index (χ2v) is 8.15. The monoisotopic (exact) mass is 409 g/mol. The molecule has 0 spiro atoms. The lowest BCUT2D eigenvalue weighted by atomic mass is 10.1. The minimum atomic E-state index is 0.0615. The zero-order chi connectivity index (χ0) is 20.8. The Morgan fingerprint density at radius 2 is 1.57 bits per heavy atom. The van der Waals surface area contributed by atoms with Gasteiger partial charge in [-0.3, -0.25) is 9.69 Å². The van der Waals surface area contributed by atoms with Crippen LogP contribution in [0.1, 0.15) is 23.1 Å². The Morgan fingerprint density at radius 1 is 0.900 bits per heavy atom. The van der Waals surface area contributed by atoms with Gasteiger partial charge in [0.2, 0.25) is 5.91 Å². The first-order chi connectivity index (χ1) is 14.7. The molecule has 2 aromatic carbocycles. The van der Waals surface area contributed by atoms with Crippen molar-refractivity contribution in [3.8, 4) is 11.5 Å². The van der Waals surface area contributed by atoms with Gasteiger partial charge in [0, 0.05) is 45.7 Å². The van der Waals surface area contributed by atoms with Gasteiger partial charge in [-0.15, -0.1) is 0 Å². The van der Waals surface area contributed by atoms with Crippen LogP contribution in [0.15, 0.2) is 42.5 Å². The molecule has 1 saturated heterocycles. The Hall–Kier alpha value is -2.57. The van der Waals surface area contributed by atoms with Crippen molar-refractivity contribution >= 4 is 5.91 Å². The van der Waals surface area contributed by atoms with Gasteiger partial charge in [-0.1, -0.05) is 30.3 Å². The van der Waals surface area contributed by atoms with Crippen molar-refractivity contribution < 1.29 is 14.3 Å². The number of carbonyl (C=O) groups is 1. The highest BCUT2D eigenvalue weighted by atomic mass is 16.6. The van der Waals surface area contributed by atoms with Crippen LogP contribution in [0.25, 0.3) is 0 Å². The van der Waals surface area contributed by atoms with Crippen molar-refractivity contribution in [2.24, 2.45) is 0 Å². The summed E-state index contributed by atoms with van der Waals surface area (Å²) in [6, 6.07) is 14.5. The fourth-order valence-corrected chi connectivity index (χ4v) is 3.82. The summed E-state index contributed by atoms with van der Waals surface area (Å²) in [5, 5.41) is 3.03. The van der Waals surface area contributed by atoms with E-state index >= 15 is 0 Å². The zero-order valence-corrected chi connectivity index (χ0v) is 17.7. The van der Waals surface area contributed by atoms with Crippen LogP contribution in [0.4, 0.5) is 0 Å². The maximum atomic E-state index is 12.3. The highest BCUT2D eigenvalue weighted by Gasteiger charge is 2.14. The number of hydrogen-bond acceptors (Lipinski definition) is 5. The predicted molar refractivity (Wildman–Crippen MR) is 117 cm³/mol. The van der Waals surface area contributed by atoms with Crippen LogP contribution < -0.4 is 14.8 Å². The number of nitrogens with one attached hydrogen (secondary N) is 1. The van der Waals surface area contributed by atoms with Gasteiger partial charge in [0.15, 0.2) is 11.5 Å². The minimum Gasteiger partial charge on any atom is -0.486 e. The number of nitrogens with zero attached hydrogens (tertiary/aromatic N) is 2. The predicted octanol–water partition coefficient (Wildman–Crippen LogP) is 2.45. The Kier molecular flexibility index (Phi) is 6.87. The molecule has 2 aromatic rings. The topological polar surface area (TPSA) is 54.0 Å². The van der Waals surface area contributed by atoms with Crippen LogP contribution >= 0.6 is 0 Å². The van der Waals surface area contributed by atoms with Gasteiger partial charge in [-0.2, -0.15) is 0 Å². The number of benzene rings is 2. The first-order valence-corrected chi connectivity index (χ1v) is 10.8. The van der Waals surface area contributed by atoms with Gasteiger partial charge < -0.3 is 19.7 Å². The van der Waals surface area contributed by atoms with E-state index in [-0.39, 0.29) is 5.91 Å². The van der Waals surface area contributed by atoms with E-state index < -0.39 is 0 Å². The van der Waals surface area contributed by atoms with E-state index in [9.17, 15) is 4.79 Å². The van der Waals surface area contributed by atoms with Crippen molar-refractivity contribution in [2.45, 2.75) is 25.9 Å². The van der Waals surface area contributed by atoms with Crippen molar-refractivity contribution in [3.63, 3.8) is 0 Å². The largest absolute Gasteiger partial charge is 0.486 e. The SMILES string of the molecule is CN1CCN(Cc2ccc(CNC(=O)CCc3ccc4c(c3)OCCO4)cc2)CC1. The first-order valence-electron chi connectivity index (χ1n) is 10.8. The minimum absolute atomic E-state index is 0.0615. The average molecular weight is 410 g/mol. The molecule has 2 aliphatic heterocycles. The second kappa shape index (κ2) is 9.96. The van der Waals surface area contributed by atoms with E-state index in [0.29, 0.717) is 32.6 Å². The van der Waals surface area contributed by atoms with Crippen molar-refractivity contribution in [2.75, 3.05) is 46.4 Å². The van der Waals surface area contributed by atoms with Crippen LogP contribution in [0.3, 0.4) is 0 Å². The van der Waals surface area contributed by atoms with Gasteiger partial charge in [-0.25, -0.2) is 0 Å². The van der Waals surface area contributed by atoms with Gasteiger partial charge in [0.25, 0.3) is 0 Å². The zero-order valence-electron chi connectivity index (χ0n) is 17.7. The van der Waals surface area contributed by atoms with Crippen molar-refractivity contribution in [1.29, 1.82) is 0 Å². The van der Waals surface area contributed by atoms with Crippen LogP contribution in [-0.2, 0) is 24.3 Å². The summed E-state index contributed by atoms with van der Waals surface area (Å²) in [4.78, 5) is 17.1. The fourth-order valence-electron chi connectivity index (χ4n) is 3.82. The number of piperazine rings is 1. The molecule has 160 valence electrons. The highest BCUT2D eigenvalue weighted by Crippen LogP contribution is 2.31. The lowest BCUT2D eigenvalue weighted by molar-refractivity contribution is -0.121. The lowest BCUT2D eigenvalue weighted by Crippen LogP contribution is -2.43. The standard InChI is InChI=1S/C24H31N3O3/c1-26-10-12-27(13-11-26)18-21-4-2-20(3-5-21)17-25-24(28)9-7-19-6-8-22-23(16-19)30-15-14-29-22/h2-6,8,16H,7,9-15,17-18H2,1H3,(H,25,28). The van der Waals surface area contributed by atoms with Crippen LogP contribution in [0.5, 0.6) is 11.5 Å². The summed E-state index contributed by atoms with van der Waals surface area (Å²) in [7, 11) is 2.18. The third kappa shape index (κ3) is 5.74. The lowest BCUT2D eigenvalue weighted by Gasteiger charge is -2.32. The Morgan fingerprint density at radius 3 is 2.33 bits per heavy atom. The van der Waals surface area contributed by atoms with Crippen LogP contribution in [-0.4, -0.2) is 62.1 Å². The van der Waals surface area contributed by atoms with E-state index in [1.807, 2.05) is 18.2 Å². The molecule has 1 amide bonds. The number of aryl methyl sites for hydroxylation is 1. The summed E-state index contributed by atoms with van der Waals surface area (Å²) in [5.74, 6) is 1.62. The van der Waals surface area contributed by atoms with Crippen LogP contribution in [0, 0.1) is 0 Å². The maximum absolute atomic E-state index is 12.3. The Labute approximate surface area is 178 Å². The quantitative estimate of drug-likeness (QED) is 0.761. The fraction of sp³-hybridized carbons (Fsp3) is 0.458. The van der Waals surface area contributed by atoms with Gasteiger partial charge in [0.05, 0.1) is 0 Å². The number of carbonyl (C=O) groups excluding carboxylic acids is 1. The number of amides is 1. The molecule has 0 aromatic heterocycles. The normalized spacial score (nSPS) is 17.0. The third-order valence-corrected chi connectivity index (χ3v) is 5.76. The molecule has 1 fully saturated rings. The smallest absolute Gasteiger partial charge is 0.220 e. The van der Waals surface area contributed by atoms with Gasteiger partial charge in [-0.05, 0) is 42.3 Å². The molecular formula is C24H31N3O3. The molecule has 2 heterocycles. The highest BCUT2D eigenvalue weighted by molar-refractivity contribution is 5.76. The molecule has 0 saturated carbocycles. The third-order valence-electron chi connectivity index (χ3n) is 5.76. The van der Waals surface area contributed by atoms with E-state index in [2.05, 4.69) is 46.4 Å². The molecular weight excluding hydrogens is 378 g/mol. The average Bonchev–Trinajstić information content (AvgIpc) is 2.78.